The molecule has 0 spiro atoms. The molecule has 1 saturated carbocycles. The first-order chi connectivity index (χ1) is 9.70. The van der Waals surface area contributed by atoms with Crippen LogP contribution < -0.4 is 10.8 Å². The number of rotatable bonds is 4. The van der Waals surface area contributed by atoms with Crippen LogP contribution in [0.15, 0.2) is 30.3 Å². The first-order valence-corrected chi connectivity index (χ1v) is 6.96. The van der Waals surface area contributed by atoms with Gasteiger partial charge in [0.1, 0.15) is 0 Å². The molecule has 5 heteroatoms. The summed E-state index contributed by atoms with van der Waals surface area (Å²) in [4.78, 5) is 23.3. The molecule has 1 aliphatic carbocycles. The Kier molecular flexibility index (Phi) is 5.12. The molecule has 2 rings (SSSR count). The number of hydrogen-bond donors (Lipinski definition) is 3. The molecule has 1 aromatic carbocycles. The van der Waals surface area contributed by atoms with Crippen LogP contribution in [0.2, 0.25) is 0 Å². The zero-order chi connectivity index (χ0) is 14.4. The van der Waals surface area contributed by atoms with E-state index in [-0.39, 0.29) is 23.7 Å². The smallest absolute Gasteiger partial charge is 0.246 e. The van der Waals surface area contributed by atoms with Gasteiger partial charge < -0.3 is 5.32 Å². The number of amides is 2. The fraction of sp³-hybridized carbons (Fsp3) is 0.467. The fourth-order valence-corrected chi connectivity index (χ4v) is 2.64. The highest BCUT2D eigenvalue weighted by Gasteiger charge is 2.29. The molecule has 0 atom stereocenters. The highest BCUT2D eigenvalue weighted by atomic mass is 16.5. The molecule has 1 aromatic rings. The zero-order valence-corrected chi connectivity index (χ0v) is 11.3. The second-order valence-corrected chi connectivity index (χ2v) is 5.23. The second kappa shape index (κ2) is 7.05. The third-order valence-corrected chi connectivity index (χ3v) is 3.89. The molecular formula is C15H20N2O3. The van der Waals surface area contributed by atoms with E-state index in [1.807, 2.05) is 30.3 Å². The normalized spacial score (nSPS) is 22.1. The molecule has 0 heterocycles. The predicted molar refractivity (Wildman–Crippen MR) is 73.7 cm³/mol. The van der Waals surface area contributed by atoms with Gasteiger partial charge in [-0.05, 0) is 31.2 Å². The van der Waals surface area contributed by atoms with Crippen molar-refractivity contribution in [2.75, 3.05) is 0 Å². The van der Waals surface area contributed by atoms with Crippen molar-refractivity contribution in [3.8, 4) is 0 Å². The molecule has 0 aliphatic heterocycles. The van der Waals surface area contributed by atoms with E-state index in [9.17, 15) is 9.59 Å². The molecule has 1 aliphatic rings. The Bertz CT molecular complexity index is 453. The van der Waals surface area contributed by atoms with E-state index in [0.717, 1.165) is 5.56 Å². The minimum absolute atomic E-state index is 0.0264. The molecular weight excluding hydrogens is 256 g/mol. The Morgan fingerprint density at radius 2 is 1.55 bits per heavy atom. The molecule has 5 nitrogen and oxygen atoms in total. The van der Waals surface area contributed by atoms with Crippen molar-refractivity contribution in [2.45, 2.75) is 32.2 Å². The van der Waals surface area contributed by atoms with Crippen LogP contribution in [0, 0.1) is 11.8 Å². The van der Waals surface area contributed by atoms with Crippen LogP contribution in [0.25, 0.3) is 0 Å². The lowest BCUT2D eigenvalue weighted by atomic mass is 9.81. The van der Waals surface area contributed by atoms with Crippen molar-refractivity contribution in [3.63, 3.8) is 0 Å². The molecule has 108 valence electrons. The van der Waals surface area contributed by atoms with Gasteiger partial charge in [-0.1, -0.05) is 30.3 Å². The van der Waals surface area contributed by atoms with E-state index in [2.05, 4.69) is 5.32 Å². The van der Waals surface area contributed by atoms with E-state index in [1.54, 1.807) is 5.48 Å². The molecule has 0 unspecified atom stereocenters. The molecule has 1 fully saturated rings. The van der Waals surface area contributed by atoms with Crippen molar-refractivity contribution >= 4 is 11.8 Å². The molecule has 20 heavy (non-hydrogen) atoms. The van der Waals surface area contributed by atoms with Crippen molar-refractivity contribution in [2.24, 2.45) is 11.8 Å². The summed E-state index contributed by atoms with van der Waals surface area (Å²) >= 11 is 0. The maximum atomic E-state index is 12.1. The van der Waals surface area contributed by atoms with Gasteiger partial charge in [-0.25, -0.2) is 5.48 Å². The number of carbonyl (C=O) groups excluding carboxylic acids is 2. The van der Waals surface area contributed by atoms with Crippen LogP contribution >= 0.6 is 0 Å². The van der Waals surface area contributed by atoms with Crippen LogP contribution in [0.5, 0.6) is 0 Å². The predicted octanol–water partition coefficient (Wildman–Crippen LogP) is 1.61. The standard InChI is InChI=1S/C15H20N2O3/c18-14(16-10-11-4-2-1-3-5-11)12-6-8-13(9-7-12)15(19)17-20/h1-5,12-13,20H,6-10H2,(H,16,18)(H,17,19). The molecule has 2 amide bonds. The molecule has 3 N–H and O–H groups in total. The first-order valence-electron chi connectivity index (χ1n) is 6.96. The molecule has 0 aromatic heterocycles. The number of benzene rings is 1. The van der Waals surface area contributed by atoms with Gasteiger partial charge in [0, 0.05) is 18.4 Å². The topological polar surface area (TPSA) is 78.4 Å². The summed E-state index contributed by atoms with van der Waals surface area (Å²) in [5.41, 5.74) is 2.76. The van der Waals surface area contributed by atoms with Gasteiger partial charge in [0.15, 0.2) is 0 Å². The molecule has 0 saturated heterocycles. The van der Waals surface area contributed by atoms with Crippen molar-refractivity contribution in [1.82, 2.24) is 10.8 Å². The third kappa shape index (κ3) is 3.81. The summed E-state index contributed by atoms with van der Waals surface area (Å²) in [6, 6.07) is 9.78. The van der Waals surface area contributed by atoms with Crippen molar-refractivity contribution < 1.29 is 14.8 Å². The van der Waals surface area contributed by atoms with E-state index in [1.165, 1.54) is 0 Å². The number of hydrogen-bond acceptors (Lipinski definition) is 3. The third-order valence-electron chi connectivity index (χ3n) is 3.89. The fourth-order valence-electron chi connectivity index (χ4n) is 2.64. The minimum Gasteiger partial charge on any atom is -0.352 e. The van der Waals surface area contributed by atoms with Crippen LogP contribution in [0.3, 0.4) is 0 Å². The highest BCUT2D eigenvalue weighted by Crippen LogP contribution is 2.29. The SMILES string of the molecule is O=C(NO)C1CCC(C(=O)NCc2ccccc2)CC1. The Balaban J connectivity index is 1.76. The van der Waals surface area contributed by atoms with Crippen LogP contribution in [-0.2, 0) is 16.1 Å². The summed E-state index contributed by atoms with van der Waals surface area (Å²) in [5.74, 6) is -0.482. The number of carbonyl (C=O) groups is 2. The second-order valence-electron chi connectivity index (χ2n) is 5.23. The lowest BCUT2D eigenvalue weighted by Crippen LogP contribution is -2.36. The van der Waals surface area contributed by atoms with Crippen LogP contribution in [-0.4, -0.2) is 17.0 Å². The van der Waals surface area contributed by atoms with E-state index in [0.29, 0.717) is 32.2 Å². The van der Waals surface area contributed by atoms with Gasteiger partial charge in [0.05, 0.1) is 0 Å². The lowest BCUT2D eigenvalue weighted by Gasteiger charge is -2.26. The van der Waals surface area contributed by atoms with Gasteiger partial charge in [0.25, 0.3) is 0 Å². The van der Waals surface area contributed by atoms with Crippen molar-refractivity contribution in [1.29, 1.82) is 0 Å². The Morgan fingerprint density at radius 3 is 2.10 bits per heavy atom. The van der Waals surface area contributed by atoms with Gasteiger partial charge in [0.2, 0.25) is 11.8 Å². The minimum atomic E-state index is -0.340. The summed E-state index contributed by atoms with van der Waals surface area (Å²) in [6.45, 7) is 0.538. The van der Waals surface area contributed by atoms with Crippen LogP contribution in [0.1, 0.15) is 31.2 Å². The summed E-state index contributed by atoms with van der Waals surface area (Å²) in [5, 5.41) is 11.5. The first kappa shape index (κ1) is 14.5. The average molecular weight is 276 g/mol. The number of nitrogens with one attached hydrogen (secondary N) is 2. The lowest BCUT2D eigenvalue weighted by molar-refractivity contribution is -0.136. The van der Waals surface area contributed by atoms with E-state index in [4.69, 9.17) is 5.21 Å². The van der Waals surface area contributed by atoms with Gasteiger partial charge in [-0.2, -0.15) is 0 Å². The Morgan fingerprint density at radius 1 is 1.00 bits per heavy atom. The van der Waals surface area contributed by atoms with E-state index < -0.39 is 0 Å². The molecule has 0 radical (unpaired) electrons. The van der Waals surface area contributed by atoms with Gasteiger partial charge >= 0.3 is 0 Å². The average Bonchev–Trinajstić information content (AvgIpc) is 2.53. The summed E-state index contributed by atoms with van der Waals surface area (Å²) in [7, 11) is 0. The maximum Gasteiger partial charge on any atom is 0.246 e. The van der Waals surface area contributed by atoms with Crippen molar-refractivity contribution in [3.05, 3.63) is 35.9 Å². The largest absolute Gasteiger partial charge is 0.352 e. The summed E-state index contributed by atoms with van der Waals surface area (Å²) < 4.78 is 0. The maximum absolute atomic E-state index is 12.1. The summed E-state index contributed by atoms with van der Waals surface area (Å²) in [6.07, 6.45) is 2.68. The van der Waals surface area contributed by atoms with Gasteiger partial charge in [-0.15, -0.1) is 0 Å². The highest BCUT2D eigenvalue weighted by molar-refractivity contribution is 5.80. The van der Waals surface area contributed by atoms with Gasteiger partial charge in [-0.3, -0.25) is 14.8 Å². The monoisotopic (exact) mass is 276 g/mol. The quantitative estimate of drug-likeness (QED) is 0.577. The van der Waals surface area contributed by atoms with Crippen LogP contribution in [0.4, 0.5) is 0 Å². The zero-order valence-electron chi connectivity index (χ0n) is 11.3. The Hall–Kier alpha value is -1.88. The number of hydroxylamine groups is 1. The molecule has 0 bridgehead atoms. The Labute approximate surface area is 118 Å². The van der Waals surface area contributed by atoms with E-state index >= 15 is 0 Å².